The van der Waals surface area contributed by atoms with Crippen molar-refractivity contribution >= 4 is 17.6 Å². The van der Waals surface area contributed by atoms with Crippen LogP contribution in [0.2, 0.25) is 0 Å². The fourth-order valence-corrected chi connectivity index (χ4v) is 2.85. The molecule has 0 aliphatic carbocycles. The van der Waals surface area contributed by atoms with Crippen LogP contribution < -0.4 is 5.32 Å². The maximum atomic E-state index is 12.3. The molecule has 3 aromatic rings. The summed E-state index contributed by atoms with van der Waals surface area (Å²) in [7, 11) is 0. The topological polar surface area (TPSA) is 55.4 Å². The summed E-state index contributed by atoms with van der Waals surface area (Å²) in [6, 6.07) is 25.3. The largest absolute Gasteiger partial charge is 0.452 e. The van der Waals surface area contributed by atoms with Gasteiger partial charge in [0.15, 0.2) is 6.10 Å². The Morgan fingerprint density at radius 3 is 2.14 bits per heavy atom. The van der Waals surface area contributed by atoms with Crippen LogP contribution in [0.5, 0.6) is 0 Å². The average Bonchev–Trinajstić information content (AvgIpc) is 2.71. The van der Waals surface area contributed by atoms with E-state index in [1.54, 1.807) is 6.92 Å². The van der Waals surface area contributed by atoms with Gasteiger partial charge >= 0.3 is 5.97 Å². The predicted molar refractivity (Wildman–Crippen MR) is 111 cm³/mol. The molecule has 1 amide bonds. The molecular weight excluding hydrogens is 350 g/mol. The van der Waals surface area contributed by atoms with Crippen molar-refractivity contribution in [1.82, 2.24) is 0 Å². The molecule has 0 spiro atoms. The third-order valence-corrected chi connectivity index (χ3v) is 4.49. The first-order valence-corrected chi connectivity index (χ1v) is 9.23. The first-order valence-electron chi connectivity index (χ1n) is 9.23. The fraction of sp³-hybridized carbons (Fsp3) is 0.167. The number of ether oxygens (including phenoxy) is 1. The number of aryl methyl sites for hydroxylation is 1. The number of carbonyl (C=O) groups excluding carboxylic acids is 2. The van der Waals surface area contributed by atoms with Crippen LogP contribution in [0, 0.1) is 6.92 Å². The van der Waals surface area contributed by atoms with Crippen LogP contribution >= 0.6 is 0 Å². The van der Waals surface area contributed by atoms with Crippen LogP contribution in [0.15, 0.2) is 78.9 Å². The Kier molecular flexibility index (Phi) is 6.22. The van der Waals surface area contributed by atoms with Crippen molar-refractivity contribution < 1.29 is 14.3 Å². The molecule has 0 saturated carbocycles. The van der Waals surface area contributed by atoms with E-state index in [2.05, 4.69) is 5.32 Å². The monoisotopic (exact) mass is 373 g/mol. The van der Waals surface area contributed by atoms with E-state index in [1.807, 2.05) is 85.8 Å². The van der Waals surface area contributed by atoms with Gasteiger partial charge in [0, 0.05) is 5.69 Å². The minimum absolute atomic E-state index is 0.122. The van der Waals surface area contributed by atoms with Gasteiger partial charge in [0.2, 0.25) is 0 Å². The van der Waals surface area contributed by atoms with Crippen molar-refractivity contribution in [3.63, 3.8) is 0 Å². The minimum Gasteiger partial charge on any atom is -0.452 e. The quantitative estimate of drug-likeness (QED) is 0.633. The summed E-state index contributed by atoms with van der Waals surface area (Å²) in [5.74, 6) is -0.776. The second-order valence-electron chi connectivity index (χ2n) is 6.68. The van der Waals surface area contributed by atoms with Gasteiger partial charge in [-0.05, 0) is 42.2 Å². The van der Waals surface area contributed by atoms with Gasteiger partial charge < -0.3 is 10.1 Å². The Bertz CT molecular complexity index is 949. The number of rotatable bonds is 6. The molecule has 1 unspecified atom stereocenters. The molecular formula is C24H23NO3. The van der Waals surface area contributed by atoms with Crippen LogP contribution in [-0.2, 0) is 20.7 Å². The van der Waals surface area contributed by atoms with E-state index in [4.69, 9.17) is 4.74 Å². The number of hydrogen-bond acceptors (Lipinski definition) is 3. The van der Waals surface area contributed by atoms with Gasteiger partial charge in [-0.1, -0.05) is 72.8 Å². The van der Waals surface area contributed by atoms with Crippen molar-refractivity contribution in [2.75, 3.05) is 5.32 Å². The maximum absolute atomic E-state index is 12.3. The Balaban J connectivity index is 1.54. The normalized spacial score (nSPS) is 11.5. The zero-order valence-corrected chi connectivity index (χ0v) is 16.0. The van der Waals surface area contributed by atoms with Gasteiger partial charge in [-0.15, -0.1) is 0 Å². The number of benzene rings is 3. The van der Waals surface area contributed by atoms with E-state index in [1.165, 1.54) is 0 Å². The Morgan fingerprint density at radius 2 is 1.46 bits per heavy atom. The van der Waals surface area contributed by atoms with E-state index in [-0.39, 0.29) is 12.3 Å². The lowest BCUT2D eigenvalue weighted by Crippen LogP contribution is -2.30. The van der Waals surface area contributed by atoms with Gasteiger partial charge in [0.25, 0.3) is 5.91 Å². The third-order valence-electron chi connectivity index (χ3n) is 4.49. The Hall–Kier alpha value is -3.40. The van der Waals surface area contributed by atoms with Crippen molar-refractivity contribution in [3.05, 3.63) is 90.0 Å². The molecule has 3 rings (SSSR count). The molecule has 0 radical (unpaired) electrons. The molecule has 0 aliphatic rings. The highest BCUT2D eigenvalue weighted by atomic mass is 16.5. The van der Waals surface area contributed by atoms with E-state index in [0.717, 1.165) is 22.3 Å². The summed E-state index contributed by atoms with van der Waals surface area (Å²) in [6.45, 7) is 3.48. The van der Waals surface area contributed by atoms with Crippen molar-refractivity contribution in [3.8, 4) is 11.1 Å². The van der Waals surface area contributed by atoms with E-state index in [0.29, 0.717) is 5.69 Å². The van der Waals surface area contributed by atoms with E-state index < -0.39 is 12.1 Å². The van der Waals surface area contributed by atoms with Crippen LogP contribution in [-0.4, -0.2) is 18.0 Å². The number of hydrogen-bond donors (Lipinski definition) is 1. The number of para-hydroxylation sites is 1. The van der Waals surface area contributed by atoms with Gasteiger partial charge in [0.1, 0.15) is 0 Å². The van der Waals surface area contributed by atoms with Crippen LogP contribution in [0.1, 0.15) is 18.1 Å². The summed E-state index contributed by atoms with van der Waals surface area (Å²) in [5, 5.41) is 2.79. The average molecular weight is 373 g/mol. The number of anilines is 1. The summed E-state index contributed by atoms with van der Waals surface area (Å²) in [6.07, 6.45) is -0.743. The summed E-state index contributed by atoms with van der Waals surface area (Å²) in [4.78, 5) is 24.5. The lowest BCUT2D eigenvalue weighted by molar-refractivity contribution is -0.152. The molecule has 0 heterocycles. The van der Waals surface area contributed by atoms with Crippen LogP contribution in [0.25, 0.3) is 11.1 Å². The Morgan fingerprint density at radius 1 is 0.857 bits per heavy atom. The fourth-order valence-electron chi connectivity index (χ4n) is 2.85. The number of esters is 1. The number of nitrogens with one attached hydrogen (secondary N) is 1. The highest BCUT2D eigenvalue weighted by molar-refractivity contribution is 5.95. The molecule has 0 fully saturated rings. The molecule has 4 nitrogen and oxygen atoms in total. The summed E-state index contributed by atoms with van der Waals surface area (Å²) in [5.41, 5.74) is 4.72. The van der Waals surface area contributed by atoms with E-state index >= 15 is 0 Å². The smallest absolute Gasteiger partial charge is 0.311 e. The first-order chi connectivity index (χ1) is 13.5. The van der Waals surface area contributed by atoms with Gasteiger partial charge in [-0.3, -0.25) is 9.59 Å². The summed E-state index contributed by atoms with van der Waals surface area (Å²) >= 11 is 0. The highest BCUT2D eigenvalue weighted by Crippen LogP contribution is 2.19. The molecule has 0 aliphatic heterocycles. The molecule has 1 N–H and O–H groups in total. The molecule has 28 heavy (non-hydrogen) atoms. The van der Waals surface area contributed by atoms with Crippen molar-refractivity contribution in [1.29, 1.82) is 0 Å². The SMILES string of the molecule is Cc1ccccc1NC(=O)C(C)OC(=O)Cc1ccc(-c2ccccc2)cc1. The third kappa shape index (κ3) is 5.07. The molecule has 1 atom stereocenters. The van der Waals surface area contributed by atoms with Crippen molar-refractivity contribution in [2.24, 2.45) is 0 Å². The zero-order valence-electron chi connectivity index (χ0n) is 16.0. The predicted octanol–water partition coefficient (Wildman–Crippen LogP) is 4.77. The summed E-state index contributed by atoms with van der Waals surface area (Å²) < 4.78 is 5.29. The molecule has 142 valence electrons. The lowest BCUT2D eigenvalue weighted by Gasteiger charge is -2.14. The number of carbonyl (C=O) groups is 2. The second-order valence-corrected chi connectivity index (χ2v) is 6.68. The maximum Gasteiger partial charge on any atom is 0.311 e. The molecule has 0 aromatic heterocycles. The number of amides is 1. The molecule has 4 heteroatoms. The Labute approximate surface area is 165 Å². The lowest BCUT2D eigenvalue weighted by atomic mass is 10.0. The molecule has 0 saturated heterocycles. The molecule has 0 bridgehead atoms. The molecule has 3 aromatic carbocycles. The first kappa shape index (κ1) is 19.4. The van der Waals surface area contributed by atoms with Crippen LogP contribution in [0.4, 0.5) is 5.69 Å². The zero-order chi connectivity index (χ0) is 19.9. The van der Waals surface area contributed by atoms with E-state index in [9.17, 15) is 9.59 Å². The standard InChI is InChI=1S/C24H23NO3/c1-17-8-6-7-11-22(17)25-24(27)18(2)28-23(26)16-19-12-14-21(15-13-19)20-9-4-3-5-10-20/h3-15,18H,16H2,1-2H3,(H,25,27). The van der Waals surface area contributed by atoms with Crippen LogP contribution in [0.3, 0.4) is 0 Å². The van der Waals surface area contributed by atoms with Gasteiger partial charge in [-0.2, -0.15) is 0 Å². The van der Waals surface area contributed by atoms with Crippen molar-refractivity contribution in [2.45, 2.75) is 26.4 Å². The minimum atomic E-state index is -0.865. The second kappa shape index (κ2) is 9.00. The van der Waals surface area contributed by atoms with Gasteiger partial charge in [-0.25, -0.2) is 0 Å². The highest BCUT2D eigenvalue weighted by Gasteiger charge is 2.18. The van der Waals surface area contributed by atoms with Gasteiger partial charge in [0.05, 0.1) is 6.42 Å².